The van der Waals surface area contributed by atoms with E-state index < -0.39 is 0 Å². The van der Waals surface area contributed by atoms with Crippen molar-refractivity contribution in [1.82, 2.24) is 4.90 Å². The molecule has 0 bridgehead atoms. The summed E-state index contributed by atoms with van der Waals surface area (Å²) in [5.41, 5.74) is 1.00. The molecule has 0 atom stereocenters. The van der Waals surface area contributed by atoms with Crippen molar-refractivity contribution in [3.63, 3.8) is 0 Å². The Morgan fingerprint density at radius 1 is 1.17 bits per heavy atom. The van der Waals surface area contributed by atoms with Crippen LogP contribution in [0.1, 0.15) is 38.2 Å². The van der Waals surface area contributed by atoms with E-state index in [4.69, 9.17) is 5.26 Å². The molecule has 0 spiro atoms. The van der Waals surface area contributed by atoms with Gasteiger partial charge in [-0.25, -0.2) is 0 Å². The Morgan fingerprint density at radius 2 is 1.83 bits per heavy atom. The summed E-state index contributed by atoms with van der Waals surface area (Å²) in [5, 5.41) is 20.3. The van der Waals surface area contributed by atoms with Crippen molar-refractivity contribution in [2.75, 3.05) is 31.1 Å². The van der Waals surface area contributed by atoms with E-state index >= 15 is 0 Å². The molecular weight excluding hydrogens is 304 g/mol. The normalized spacial score (nSPS) is 25.2. The second-order valence-electron chi connectivity index (χ2n) is 7.01. The zero-order valence-corrected chi connectivity index (χ0v) is 14.1. The fourth-order valence-electron chi connectivity index (χ4n) is 3.94. The van der Waals surface area contributed by atoms with Crippen LogP contribution in [0.2, 0.25) is 0 Å². The van der Waals surface area contributed by atoms with Crippen molar-refractivity contribution >= 4 is 11.4 Å². The van der Waals surface area contributed by atoms with E-state index in [2.05, 4.69) is 16.7 Å². The van der Waals surface area contributed by atoms with E-state index in [1.54, 1.807) is 12.1 Å². The van der Waals surface area contributed by atoms with Gasteiger partial charge in [0.05, 0.1) is 16.6 Å². The molecule has 3 rings (SSSR count). The number of nitriles is 1. The number of nitro benzene ring substituents is 1. The molecule has 24 heavy (non-hydrogen) atoms. The molecule has 0 amide bonds. The standard InChI is InChI=1S/C18H24N4O2/c1-14-2-5-16(6-3-14)20-8-10-21(11-9-20)17-7-4-15(13-19)12-18(17)22(23)24/h4,7,12,14,16H,2-3,5-6,8-11H2,1H3. The maximum atomic E-state index is 11.3. The molecule has 1 aromatic carbocycles. The summed E-state index contributed by atoms with van der Waals surface area (Å²) in [6, 6.07) is 7.41. The molecular formula is C18H24N4O2. The summed E-state index contributed by atoms with van der Waals surface area (Å²) in [4.78, 5) is 15.6. The molecule has 0 unspecified atom stereocenters. The lowest BCUT2D eigenvalue weighted by Crippen LogP contribution is -2.51. The van der Waals surface area contributed by atoms with Gasteiger partial charge in [0.25, 0.3) is 5.69 Å². The Balaban J connectivity index is 1.67. The van der Waals surface area contributed by atoms with E-state index in [-0.39, 0.29) is 10.6 Å². The molecule has 6 heteroatoms. The fourth-order valence-corrected chi connectivity index (χ4v) is 3.94. The molecule has 0 aromatic heterocycles. The first kappa shape index (κ1) is 16.7. The van der Waals surface area contributed by atoms with Crippen molar-refractivity contribution in [2.24, 2.45) is 5.92 Å². The lowest BCUT2D eigenvalue weighted by molar-refractivity contribution is -0.384. The molecule has 1 aromatic rings. The maximum Gasteiger partial charge on any atom is 0.293 e. The first-order valence-corrected chi connectivity index (χ1v) is 8.76. The number of piperazine rings is 1. The van der Waals surface area contributed by atoms with Gasteiger partial charge in [-0.1, -0.05) is 6.92 Å². The monoisotopic (exact) mass is 328 g/mol. The largest absolute Gasteiger partial charge is 0.363 e. The summed E-state index contributed by atoms with van der Waals surface area (Å²) < 4.78 is 0. The first-order chi connectivity index (χ1) is 11.6. The number of hydrogen-bond donors (Lipinski definition) is 0. The zero-order chi connectivity index (χ0) is 17.1. The second kappa shape index (κ2) is 7.18. The molecule has 0 N–H and O–H groups in total. The number of nitro groups is 1. The van der Waals surface area contributed by atoms with Crippen molar-refractivity contribution < 1.29 is 4.92 Å². The van der Waals surface area contributed by atoms with Gasteiger partial charge in [0.1, 0.15) is 5.69 Å². The smallest absolute Gasteiger partial charge is 0.293 e. The van der Waals surface area contributed by atoms with Gasteiger partial charge in [-0.05, 0) is 43.7 Å². The Hall–Kier alpha value is -2.13. The molecule has 1 aliphatic carbocycles. The predicted octanol–water partition coefficient (Wildman–Crippen LogP) is 3.17. The number of hydrogen-bond acceptors (Lipinski definition) is 5. The molecule has 128 valence electrons. The topological polar surface area (TPSA) is 73.4 Å². The molecule has 1 aliphatic heterocycles. The summed E-state index contributed by atoms with van der Waals surface area (Å²) in [6.07, 6.45) is 5.17. The van der Waals surface area contributed by atoms with E-state index in [9.17, 15) is 10.1 Å². The zero-order valence-electron chi connectivity index (χ0n) is 14.1. The van der Waals surface area contributed by atoms with Gasteiger partial charge in [-0.2, -0.15) is 5.26 Å². The van der Waals surface area contributed by atoms with Crippen LogP contribution in [0.25, 0.3) is 0 Å². The third-order valence-corrected chi connectivity index (χ3v) is 5.46. The van der Waals surface area contributed by atoms with Gasteiger partial charge < -0.3 is 4.90 Å². The molecule has 6 nitrogen and oxygen atoms in total. The highest BCUT2D eigenvalue weighted by Gasteiger charge is 2.29. The Labute approximate surface area is 142 Å². The molecule has 1 heterocycles. The van der Waals surface area contributed by atoms with E-state index in [0.717, 1.165) is 32.1 Å². The van der Waals surface area contributed by atoms with Crippen LogP contribution >= 0.6 is 0 Å². The predicted molar refractivity (Wildman–Crippen MR) is 93.0 cm³/mol. The maximum absolute atomic E-state index is 11.3. The van der Waals surface area contributed by atoms with Crippen LogP contribution in [0.3, 0.4) is 0 Å². The van der Waals surface area contributed by atoms with Crippen molar-refractivity contribution in [3.8, 4) is 6.07 Å². The minimum atomic E-state index is -0.384. The summed E-state index contributed by atoms with van der Waals surface area (Å²) in [5.74, 6) is 0.851. The van der Waals surface area contributed by atoms with Crippen LogP contribution < -0.4 is 4.90 Å². The van der Waals surface area contributed by atoms with E-state index in [1.807, 2.05) is 6.07 Å². The number of benzene rings is 1. The lowest BCUT2D eigenvalue weighted by Gasteiger charge is -2.42. The molecule has 1 saturated heterocycles. The Kier molecular flexibility index (Phi) is 5.00. The van der Waals surface area contributed by atoms with Crippen LogP contribution in [0.5, 0.6) is 0 Å². The van der Waals surface area contributed by atoms with Gasteiger partial charge in [0.2, 0.25) is 0 Å². The molecule has 0 radical (unpaired) electrons. The highest BCUT2D eigenvalue weighted by molar-refractivity contribution is 5.65. The van der Waals surface area contributed by atoms with Gasteiger partial charge in [0.15, 0.2) is 0 Å². The highest BCUT2D eigenvalue weighted by atomic mass is 16.6. The third-order valence-electron chi connectivity index (χ3n) is 5.46. The van der Waals surface area contributed by atoms with Crippen LogP contribution in [0.4, 0.5) is 11.4 Å². The molecule has 2 aliphatic rings. The van der Waals surface area contributed by atoms with Crippen molar-refractivity contribution in [2.45, 2.75) is 38.6 Å². The summed E-state index contributed by atoms with van der Waals surface area (Å²) in [6.45, 7) is 5.85. The Morgan fingerprint density at radius 3 is 2.42 bits per heavy atom. The minimum Gasteiger partial charge on any atom is -0.363 e. The second-order valence-corrected chi connectivity index (χ2v) is 7.01. The van der Waals surface area contributed by atoms with Gasteiger partial charge in [-0.15, -0.1) is 0 Å². The van der Waals surface area contributed by atoms with Crippen LogP contribution in [-0.2, 0) is 0 Å². The number of anilines is 1. The van der Waals surface area contributed by atoms with Crippen molar-refractivity contribution in [1.29, 1.82) is 5.26 Å². The van der Waals surface area contributed by atoms with Crippen LogP contribution in [0.15, 0.2) is 18.2 Å². The minimum absolute atomic E-state index is 0.0361. The van der Waals surface area contributed by atoms with E-state index in [1.165, 1.54) is 31.7 Å². The van der Waals surface area contributed by atoms with Gasteiger partial charge >= 0.3 is 0 Å². The average Bonchev–Trinajstić information content (AvgIpc) is 2.62. The van der Waals surface area contributed by atoms with Crippen molar-refractivity contribution in [3.05, 3.63) is 33.9 Å². The molecule has 1 saturated carbocycles. The molecule has 2 fully saturated rings. The van der Waals surface area contributed by atoms with Crippen LogP contribution in [-0.4, -0.2) is 42.0 Å². The average molecular weight is 328 g/mol. The Bertz CT molecular complexity index is 639. The fraction of sp³-hybridized carbons (Fsp3) is 0.611. The summed E-state index contributed by atoms with van der Waals surface area (Å²) >= 11 is 0. The number of rotatable bonds is 3. The third kappa shape index (κ3) is 3.51. The lowest BCUT2D eigenvalue weighted by atomic mass is 9.86. The first-order valence-electron chi connectivity index (χ1n) is 8.76. The number of nitrogens with zero attached hydrogens (tertiary/aromatic N) is 4. The van der Waals surface area contributed by atoms with Gasteiger partial charge in [0, 0.05) is 38.3 Å². The summed E-state index contributed by atoms with van der Waals surface area (Å²) in [7, 11) is 0. The van der Waals surface area contributed by atoms with Crippen LogP contribution in [0, 0.1) is 27.4 Å². The SMILES string of the molecule is CC1CCC(N2CCN(c3ccc(C#N)cc3[N+](=O)[O-])CC2)CC1. The van der Waals surface area contributed by atoms with E-state index in [0.29, 0.717) is 17.3 Å². The quantitative estimate of drug-likeness (QED) is 0.629. The highest BCUT2D eigenvalue weighted by Crippen LogP contribution is 2.32. The van der Waals surface area contributed by atoms with Gasteiger partial charge in [-0.3, -0.25) is 15.0 Å².